The van der Waals surface area contributed by atoms with Gasteiger partial charge in [0.15, 0.2) is 0 Å². The van der Waals surface area contributed by atoms with Crippen molar-refractivity contribution in [2.75, 3.05) is 6.61 Å². The summed E-state index contributed by atoms with van der Waals surface area (Å²) in [6, 6.07) is 3.98. The van der Waals surface area contributed by atoms with Crippen LogP contribution in [0.15, 0.2) is 29.2 Å². The van der Waals surface area contributed by atoms with Gasteiger partial charge in [0.25, 0.3) is 0 Å². The molecule has 1 aromatic carbocycles. The smallest absolute Gasteiger partial charge is 0.335 e. The highest BCUT2D eigenvalue weighted by molar-refractivity contribution is 7.89. The second-order valence-corrected chi connectivity index (χ2v) is 5.68. The fourth-order valence-corrected chi connectivity index (χ4v) is 2.92. The van der Waals surface area contributed by atoms with E-state index in [9.17, 15) is 18.0 Å². The first kappa shape index (κ1) is 13.5. The lowest BCUT2D eigenvalue weighted by molar-refractivity contribution is -0.139. The third-order valence-electron chi connectivity index (χ3n) is 2.62. The Labute approximate surface area is 109 Å². The van der Waals surface area contributed by atoms with Crippen LogP contribution in [0.4, 0.5) is 0 Å². The van der Waals surface area contributed by atoms with Crippen molar-refractivity contribution in [2.24, 2.45) is 0 Å². The zero-order valence-electron chi connectivity index (χ0n) is 9.70. The first-order chi connectivity index (χ1) is 8.90. The molecule has 0 spiro atoms. The number of esters is 1. The standard InChI is InChI=1S/C11H11NO6S/c13-10(14)7-2-1-3-8(6-7)19(16,17)12-9-4-5-18-11(9)15/h1-3,6,9,12H,4-5H2,(H,13,14)/t9-/m0/s1. The van der Waals surface area contributed by atoms with E-state index in [1.165, 1.54) is 18.2 Å². The maximum absolute atomic E-state index is 12.0. The van der Waals surface area contributed by atoms with Crippen molar-refractivity contribution < 1.29 is 27.9 Å². The van der Waals surface area contributed by atoms with Crippen molar-refractivity contribution in [1.29, 1.82) is 0 Å². The number of benzene rings is 1. The van der Waals surface area contributed by atoms with Crippen molar-refractivity contribution in [3.8, 4) is 0 Å². The number of carboxylic acids is 1. The van der Waals surface area contributed by atoms with E-state index in [4.69, 9.17) is 5.11 Å². The molecule has 1 aliphatic rings. The largest absolute Gasteiger partial charge is 0.478 e. The lowest BCUT2D eigenvalue weighted by Crippen LogP contribution is -2.37. The van der Waals surface area contributed by atoms with E-state index in [1.807, 2.05) is 0 Å². The quantitative estimate of drug-likeness (QED) is 0.752. The van der Waals surface area contributed by atoms with Gasteiger partial charge in [0.1, 0.15) is 6.04 Å². The van der Waals surface area contributed by atoms with Crippen LogP contribution in [0.1, 0.15) is 16.8 Å². The summed E-state index contributed by atoms with van der Waals surface area (Å²) in [4.78, 5) is 21.8. The molecule has 0 amide bonds. The molecule has 0 radical (unpaired) electrons. The molecule has 7 nitrogen and oxygen atoms in total. The minimum atomic E-state index is -3.95. The number of ether oxygens (including phenoxy) is 1. The van der Waals surface area contributed by atoms with Gasteiger partial charge in [-0.2, -0.15) is 4.72 Å². The second kappa shape index (κ2) is 4.98. The normalized spacial score (nSPS) is 19.2. The highest BCUT2D eigenvalue weighted by Gasteiger charge is 2.31. The Morgan fingerprint density at radius 1 is 1.42 bits per heavy atom. The number of nitrogens with one attached hydrogen (secondary N) is 1. The Balaban J connectivity index is 2.26. The Morgan fingerprint density at radius 2 is 2.16 bits per heavy atom. The minimum absolute atomic E-state index is 0.142. The second-order valence-electron chi connectivity index (χ2n) is 3.96. The SMILES string of the molecule is O=C(O)c1cccc(S(=O)(=O)N[C@H]2CCOC2=O)c1. The average Bonchev–Trinajstić information content (AvgIpc) is 2.74. The van der Waals surface area contributed by atoms with E-state index < -0.39 is 28.0 Å². The molecule has 102 valence electrons. The maximum Gasteiger partial charge on any atom is 0.335 e. The predicted octanol–water partition coefficient (Wildman–Crippen LogP) is -0.0214. The molecule has 1 heterocycles. The molecule has 1 aromatic rings. The molecule has 0 saturated carbocycles. The van der Waals surface area contributed by atoms with E-state index in [0.717, 1.165) is 6.07 Å². The summed E-state index contributed by atoms with van der Waals surface area (Å²) in [5, 5.41) is 8.81. The molecule has 0 bridgehead atoms. The molecular weight excluding hydrogens is 274 g/mol. The van der Waals surface area contributed by atoms with E-state index in [1.54, 1.807) is 0 Å². The van der Waals surface area contributed by atoms with Crippen LogP contribution < -0.4 is 4.72 Å². The first-order valence-corrected chi connectivity index (χ1v) is 6.91. The number of carbonyl (C=O) groups is 2. The summed E-state index contributed by atoms with van der Waals surface area (Å²) >= 11 is 0. The summed E-state index contributed by atoms with van der Waals surface area (Å²) < 4.78 is 30.8. The molecular formula is C11H11NO6S. The number of hydrogen-bond donors (Lipinski definition) is 2. The molecule has 19 heavy (non-hydrogen) atoms. The van der Waals surface area contributed by atoms with Crippen LogP contribution in [0.2, 0.25) is 0 Å². The van der Waals surface area contributed by atoms with Crippen molar-refractivity contribution >= 4 is 22.0 Å². The lowest BCUT2D eigenvalue weighted by Gasteiger charge is -2.10. The van der Waals surface area contributed by atoms with Gasteiger partial charge >= 0.3 is 11.9 Å². The monoisotopic (exact) mass is 285 g/mol. The maximum atomic E-state index is 12.0. The number of rotatable bonds is 4. The van der Waals surface area contributed by atoms with Crippen molar-refractivity contribution in [3.05, 3.63) is 29.8 Å². The molecule has 0 aromatic heterocycles. The van der Waals surface area contributed by atoms with E-state index in [-0.39, 0.29) is 23.5 Å². The molecule has 1 saturated heterocycles. The molecule has 2 rings (SSSR count). The summed E-state index contributed by atoms with van der Waals surface area (Å²) in [6.45, 7) is 0.168. The Bertz CT molecular complexity index is 624. The van der Waals surface area contributed by atoms with E-state index in [0.29, 0.717) is 0 Å². The zero-order valence-corrected chi connectivity index (χ0v) is 10.5. The Hall–Kier alpha value is -1.93. The summed E-state index contributed by atoms with van der Waals surface area (Å²) in [5.41, 5.74) is -0.142. The number of cyclic esters (lactones) is 1. The van der Waals surface area contributed by atoms with Crippen LogP contribution in [0.3, 0.4) is 0 Å². The lowest BCUT2D eigenvalue weighted by atomic mass is 10.2. The van der Waals surface area contributed by atoms with Crippen LogP contribution in [-0.4, -0.2) is 38.1 Å². The minimum Gasteiger partial charge on any atom is -0.478 e. The molecule has 2 N–H and O–H groups in total. The van der Waals surface area contributed by atoms with Gasteiger partial charge < -0.3 is 9.84 Å². The number of aromatic carboxylic acids is 1. The fourth-order valence-electron chi connectivity index (χ4n) is 1.65. The summed E-state index contributed by atoms with van der Waals surface area (Å²) in [5.74, 6) is -1.85. The van der Waals surface area contributed by atoms with Gasteiger partial charge in [-0.1, -0.05) is 6.07 Å². The molecule has 1 fully saturated rings. The summed E-state index contributed by atoms with van der Waals surface area (Å²) in [7, 11) is -3.95. The van der Waals surface area contributed by atoms with Crippen LogP contribution in [-0.2, 0) is 19.6 Å². The third kappa shape index (κ3) is 2.91. The zero-order chi connectivity index (χ0) is 14.0. The van der Waals surface area contributed by atoms with Crippen LogP contribution in [0, 0.1) is 0 Å². The van der Waals surface area contributed by atoms with Crippen LogP contribution in [0.5, 0.6) is 0 Å². The number of carbonyl (C=O) groups excluding carboxylic acids is 1. The third-order valence-corrected chi connectivity index (χ3v) is 4.09. The topological polar surface area (TPSA) is 110 Å². The van der Waals surface area contributed by atoms with E-state index >= 15 is 0 Å². The van der Waals surface area contributed by atoms with Crippen molar-refractivity contribution in [2.45, 2.75) is 17.4 Å². The average molecular weight is 285 g/mol. The number of hydrogen-bond acceptors (Lipinski definition) is 5. The number of carboxylic acid groups (broad SMARTS) is 1. The van der Waals surface area contributed by atoms with Gasteiger partial charge in [-0.05, 0) is 18.2 Å². The predicted molar refractivity (Wildman–Crippen MR) is 63.1 cm³/mol. The van der Waals surface area contributed by atoms with E-state index in [2.05, 4.69) is 9.46 Å². The fraction of sp³-hybridized carbons (Fsp3) is 0.273. The highest BCUT2D eigenvalue weighted by Crippen LogP contribution is 2.15. The molecule has 0 unspecified atom stereocenters. The van der Waals surface area contributed by atoms with Gasteiger partial charge in [-0.25, -0.2) is 13.2 Å². The van der Waals surface area contributed by atoms with Gasteiger partial charge in [0.2, 0.25) is 10.0 Å². The van der Waals surface area contributed by atoms with Crippen LogP contribution in [0.25, 0.3) is 0 Å². The Morgan fingerprint density at radius 3 is 2.74 bits per heavy atom. The molecule has 0 aliphatic carbocycles. The van der Waals surface area contributed by atoms with Gasteiger partial charge in [0.05, 0.1) is 17.1 Å². The summed E-state index contributed by atoms with van der Waals surface area (Å²) in [6.07, 6.45) is 0.261. The van der Waals surface area contributed by atoms with Crippen molar-refractivity contribution in [1.82, 2.24) is 4.72 Å². The van der Waals surface area contributed by atoms with Crippen molar-refractivity contribution in [3.63, 3.8) is 0 Å². The molecule has 8 heteroatoms. The number of sulfonamides is 1. The van der Waals surface area contributed by atoms with Gasteiger partial charge in [0, 0.05) is 6.42 Å². The van der Waals surface area contributed by atoms with Crippen LogP contribution >= 0.6 is 0 Å². The highest BCUT2D eigenvalue weighted by atomic mass is 32.2. The van der Waals surface area contributed by atoms with Gasteiger partial charge in [-0.3, -0.25) is 4.79 Å². The Kier molecular flexibility index (Phi) is 3.54. The van der Waals surface area contributed by atoms with Gasteiger partial charge in [-0.15, -0.1) is 0 Å². The molecule has 1 aliphatic heterocycles. The first-order valence-electron chi connectivity index (χ1n) is 5.42. The molecule has 1 atom stereocenters.